The van der Waals surface area contributed by atoms with Crippen molar-refractivity contribution >= 4 is 17.7 Å². The van der Waals surface area contributed by atoms with E-state index < -0.39 is 0 Å². The van der Waals surface area contributed by atoms with Crippen molar-refractivity contribution in [1.29, 1.82) is 0 Å². The number of Topliss-reactive ketones (excluding diaryl/α,β-unsaturated/α-hetero) is 1. The molecule has 4 aliphatic rings. The van der Waals surface area contributed by atoms with Gasteiger partial charge in [0, 0.05) is 36.9 Å². The highest BCUT2D eigenvalue weighted by Gasteiger charge is 2.66. The normalized spacial score (nSPS) is 24.4. The maximum absolute atomic E-state index is 14.4. The fourth-order valence-corrected chi connectivity index (χ4v) is 10.1. The molecule has 0 aromatic heterocycles. The lowest BCUT2D eigenvalue weighted by Crippen LogP contribution is -2.69. The molecule has 2 aliphatic carbocycles. The number of unbranched alkanes of at least 4 members (excludes halogenated alkanes) is 4. The van der Waals surface area contributed by atoms with E-state index in [1.54, 1.807) is 6.92 Å². The second-order valence-corrected chi connectivity index (χ2v) is 15.5. The number of hydrogen-bond donors (Lipinski definition) is 0. The fraction of sp³-hybridized carbons (Fsp3) is 0.523. The van der Waals surface area contributed by atoms with Gasteiger partial charge >= 0.3 is 5.97 Å². The molecule has 2 fully saturated rings. The molecule has 3 aromatic rings. The Kier molecular flexibility index (Phi) is 10.9. The van der Waals surface area contributed by atoms with Crippen molar-refractivity contribution in [2.24, 2.45) is 5.92 Å². The van der Waals surface area contributed by atoms with Gasteiger partial charge in [-0.2, -0.15) is 0 Å². The van der Waals surface area contributed by atoms with Gasteiger partial charge in [-0.25, -0.2) is 0 Å². The van der Waals surface area contributed by atoms with Crippen LogP contribution >= 0.6 is 0 Å². The second kappa shape index (κ2) is 15.7. The molecular weight excluding hydrogens is 636 g/mol. The van der Waals surface area contributed by atoms with Crippen LogP contribution < -0.4 is 9.47 Å². The van der Waals surface area contributed by atoms with E-state index in [1.807, 2.05) is 12.1 Å². The lowest BCUT2D eigenvalue weighted by molar-refractivity contribution is -0.143. The minimum absolute atomic E-state index is 0.0704. The van der Waals surface area contributed by atoms with Crippen LogP contribution in [0.5, 0.6) is 11.5 Å². The van der Waals surface area contributed by atoms with Gasteiger partial charge in [-0.15, -0.1) is 0 Å². The van der Waals surface area contributed by atoms with Gasteiger partial charge in [0.25, 0.3) is 0 Å². The summed E-state index contributed by atoms with van der Waals surface area (Å²) in [5.41, 5.74) is 4.83. The van der Waals surface area contributed by atoms with E-state index in [-0.39, 0.29) is 41.3 Å². The smallest absolute Gasteiger partial charge is 0.308 e. The third-order valence-corrected chi connectivity index (χ3v) is 12.2. The first kappa shape index (κ1) is 35.4. The van der Waals surface area contributed by atoms with Crippen LogP contribution in [0.2, 0.25) is 0 Å². The number of amides is 1. The van der Waals surface area contributed by atoms with Crippen molar-refractivity contribution in [3.8, 4) is 11.5 Å². The summed E-state index contributed by atoms with van der Waals surface area (Å²) in [5, 5.41) is 0. The quantitative estimate of drug-likeness (QED) is 0.0874. The first-order valence-electron chi connectivity index (χ1n) is 19.5. The molecule has 1 saturated heterocycles. The van der Waals surface area contributed by atoms with Gasteiger partial charge in [-0.05, 0) is 99.9 Å². The number of nitrogens with zero attached hydrogens (tertiary/aromatic N) is 2. The van der Waals surface area contributed by atoms with Crippen LogP contribution in [0.3, 0.4) is 0 Å². The molecule has 7 heteroatoms. The maximum atomic E-state index is 14.4. The number of benzene rings is 3. The summed E-state index contributed by atoms with van der Waals surface area (Å²) >= 11 is 0. The van der Waals surface area contributed by atoms with Crippen molar-refractivity contribution in [1.82, 2.24) is 9.80 Å². The Labute approximate surface area is 303 Å². The molecule has 1 saturated carbocycles. The van der Waals surface area contributed by atoms with E-state index in [4.69, 9.17) is 9.47 Å². The standard InChI is InChI=1S/C44H54N2O5/c1-31(47)30-45-28-26-44-36-23-24-37(43(44)51-42-39(50-32(2)48)25-22-35(41(42)44)29-38(36)45)46(27-14-20-34-18-11-7-12-19-34)40(49)21-13-5-3-4-8-15-33-16-9-6-10-17-33/h6-7,9-12,16-19,22,25,36-38,43H,3-5,8,13-15,20-21,23-24,26-30H2,1-2H3/t36-,37+,38+,43-,44-/m0/s1. The number of likely N-dealkylation sites (tertiary alicyclic amines) is 1. The highest BCUT2D eigenvalue weighted by atomic mass is 16.6. The molecule has 2 heterocycles. The monoisotopic (exact) mass is 690 g/mol. The SMILES string of the molecule is CC(=O)CN1CC[C@]23c4c5ccc(OC(C)=O)c4O[C@H]2[C@H](N(CCCc2ccccc2)C(=O)CCCCCCCc2ccccc2)CC[C@H]3[C@H]1C5. The number of rotatable bonds is 16. The molecule has 3 aromatic carbocycles. The average molecular weight is 691 g/mol. The number of piperidine rings is 1. The Balaban J connectivity index is 1.11. The van der Waals surface area contributed by atoms with Gasteiger partial charge in [-0.1, -0.05) is 86.0 Å². The number of ether oxygens (including phenoxy) is 2. The third-order valence-electron chi connectivity index (χ3n) is 12.2. The average Bonchev–Trinajstić information content (AvgIpc) is 3.48. The summed E-state index contributed by atoms with van der Waals surface area (Å²) < 4.78 is 12.8. The number of carbonyl (C=O) groups excluding carboxylic acids is 3. The molecule has 7 rings (SSSR count). The van der Waals surface area contributed by atoms with E-state index in [2.05, 4.69) is 70.5 Å². The molecule has 7 nitrogen and oxygen atoms in total. The number of aryl methyl sites for hydroxylation is 2. The van der Waals surface area contributed by atoms with Crippen LogP contribution in [0.15, 0.2) is 72.8 Å². The lowest BCUT2D eigenvalue weighted by atomic mass is 9.51. The van der Waals surface area contributed by atoms with Crippen LogP contribution in [0, 0.1) is 5.92 Å². The van der Waals surface area contributed by atoms with E-state index in [0.29, 0.717) is 36.9 Å². The topological polar surface area (TPSA) is 76.2 Å². The Morgan fingerprint density at radius 3 is 2.24 bits per heavy atom. The summed E-state index contributed by atoms with van der Waals surface area (Å²) in [7, 11) is 0. The highest BCUT2D eigenvalue weighted by Crippen LogP contribution is 2.64. The maximum Gasteiger partial charge on any atom is 0.308 e. The molecule has 1 amide bonds. The molecule has 2 bridgehead atoms. The Morgan fingerprint density at radius 1 is 0.843 bits per heavy atom. The van der Waals surface area contributed by atoms with Crippen molar-refractivity contribution in [2.45, 2.75) is 121 Å². The van der Waals surface area contributed by atoms with Crippen LogP contribution in [-0.2, 0) is 39.1 Å². The van der Waals surface area contributed by atoms with E-state index in [1.165, 1.54) is 42.0 Å². The van der Waals surface area contributed by atoms with Gasteiger partial charge in [0.1, 0.15) is 11.9 Å². The minimum Gasteiger partial charge on any atom is -0.483 e. The molecule has 2 aliphatic heterocycles. The van der Waals surface area contributed by atoms with Crippen LogP contribution in [-0.4, -0.2) is 65.3 Å². The fourth-order valence-electron chi connectivity index (χ4n) is 10.1. The first-order valence-corrected chi connectivity index (χ1v) is 19.5. The van der Waals surface area contributed by atoms with Gasteiger partial charge < -0.3 is 14.4 Å². The zero-order valence-electron chi connectivity index (χ0n) is 30.5. The third kappa shape index (κ3) is 7.37. The lowest BCUT2D eigenvalue weighted by Gasteiger charge is -2.60. The summed E-state index contributed by atoms with van der Waals surface area (Å²) in [6.07, 6.45) is 12.3. The zero-order chi connectivity index (χ0) is 35.4. The molecule has 0 unspecified atom stereocenters. The van der Waals surface area contributed by atoms with E-state index in [0.717, 1.165) is 70.8 Å². The second-order valence-electron chi connectivity index (χ2n) is 15.5. The first-order chi connectivity index (χ1) is 24.8. The largest absolute Gasteiger partial charge is 0.483 e. The Bertz CT molecular complexity index is 1690. The molecule has 1 spiro atoms. The predicted molar refractivity (Wildman–Crippen MR) is 199 cm³/mol. The minimum atomic E-state index is -0.363. The van der Waals surface area contributed by atoms with Crippen molar-refractivity contribution in [3.63, 3.8) is 0 Å². The van der Waals surface area contributed by atoms with Crippen molar-refractivity contribution < 1.29 is 23.9 Å². The molecule has 0 radical (unpaired) electrons. The number of carbonyl (C=O) groups is 3. The molecule has 0 N–H and O–H groups in total. The van der Waals surface area contributed by atoms with Crippen LogP contribution in [0.1, 0.15) is 100 Å². The van der Waals surface area contributed by atoms with Crippen LogP contribution in [0.4, 0.5) is 0 Å². The van der Waals surface area contributed by atoms with Gasteiger partial charge in [0.05, 0.1) is 12.6 Å². The van der Waals surface area contributed by atoms with Gasteiger partial charge in [0.2, 0.25) is 5.91 Å². The molecule has 270 valence electrons. The van der Waals surface area contributed by atoms with Crippen molar-refractivity contribution in [3.05, 3.63) is 95.1 Å². The van der Waals surface area contributed by atoms with Gasteiger partial charge in [-0.3, -0.25) is 19.3 Å². The molecule has 5 atom stereocenters. The summed E-state index contributed by atoms with van der Waals surface area (Å²) in [5.74, 6) is 1.57. The summed E-state index contributed by atoms with van der Waals surface area (Å²) in [6, 6.07) is 25.4. The Hall–Kier alpha value is -3.97. The Morgan fingerprint density at radius 2 is 1.53 bits per heavy atom. The van der Waals surface area contributed by atoms with E-state index >= 15 is 0 Å². The number of hydrogen-bond acceptors (Lipinski definition) is 6. The summed E-state index contributed by atoms with van der Waals surface area (Å²) in [6.45, 7) is 5.10. The highest BCUT2D eigenvalue weighted by molar-refractivity contribution is 5.78. The predicted octanol–water partition coefficient (Wildman–Crippen LogP) is 7.65. The van der Waals surface area contributed by atoms with Crippen molar-refractivity contribution in [2.75, 3.05) is 19.6 Å². The van der Waals surface area contributed by atoms with E-state index in [9.17, 15) is 14.4 Å². The number of ketones is 1. The molecule has 51 heavy (non-hydrogen) atoms. The summed E-state index contributed by atoms with van der Waals surface area (Å²) in [4.78, 5) is 43.6. The van der Waals surface area contributed by atoms with Crippen LogP contribution in [0.25, 0.3) is 0 Å². The zero-order valence-corrected chi connectivity index (χ0v) is 30.5. The van der Waals surface area contributed by atoms with Gasteiger partial charge in [0.15, 0.2) is 11.5 Å². The molecular formula is C44H54N2O5. The number of esters is 1.